The molecule has 0 fully saturated rings. The lowest BCUT2D eigenvalue weighted by molar-refractivity contribution is 0.105. The van der Waals surface area contributed by atoms with Crippen molar-refractivity contribution in [3.05, 3.63) is 11.8 Å². The van der Waals surface area contributed by atoms with E-state index in [4.69, 9.17) is 10.2 Å². The highest BCUT2D eigenvalue weighted by molar-refractivity contribution is 7.98. The molecular weight excluding hydrogens is 230 g/mol. The normalized spacial score (nSPS) is 12.5. The number of aliphatic hydroxyl groups excluding tert-OH is 3. The molecule has 0 aliphatic carbocycles. The van der Waals surface area contributed by atoms with Crippen molar-refractivity contribution in [3.63, 3.8) is 0 Å². The SMILES string of the molecule is CSc1ncc(CO)c(NC[C@H](O)CO)n1. The van der Waals surface area contributed by atoms with Crippen LogP contribution in [0.15, 0.2) is 11.4 Å². The molecule has 1 aromatic heterocycles. The minimum absolute atomic E-state index is 0.174. The van der Waals surface area contributed by atoms with Crippen molar-refractivity contribution in [2.45, 2.75) is 17.9 Å². The standard InChI is InChI=1S/C9H15N3O3S/c1-16-9-11-2-6(4-13)8(12-9)10-3-7(15)5-14/h2,7,13-15H,3-5H2,1H3,(H,10,11,12)/t7-/m0/s1. The van der Waals surface area contributed by atoms with Crippen LogP contribution in [-0.2, 0) is 6.61 Å². The molecule has 6 nitrogen and oxygen atoms in total. The summed E-state index contributed by atoms with van der Waals surface area (Å²) in [6.45, 7) is -0.317. The summed E-state index contributed by atoms with van der Waals surface area (Å²) < 4.78 is 0. The van der Waals surface area contributed by atoms with E-state index in [-0.39, 0.29) is 19.8 Å². The van der Waals surface area contributed by atoms with Crippen molar-refractivity contribution < 1.29 is 15.3 Å². The van der Waals surface area contributed by atoms with E-state index < -0.39 is 6.10 Å². The molecule has 16 heavy (non-hydrogen) atoms. The molecule has 1 rings (SSSR count). The number of rotatable bonds is 6. The summed E-state index contributed by atoms with van der Waals surface area (Å²) in [5.74, 6) is 0.481. The number of hydrogen-bond donors (Lipinski definition) is 4. The number of nitrogens with one attached hydrogen (secondary N) is 1. The maximum absolute atomic E-state index is 9.19. The van der Waals surface area contributed by atoms with Gasteiger partial charge in [0.25, 0.3) is 0 Å². The summed E-state index contributed by atoms with van der Waals surface area (Å²) >= 11 is 1.39. The second kappa shape index (κ2) is 6.64. The minimum atomic E-state index is -0.848. The predicted molar refractivity (Wildman–Crippen MR) is 61.3 cm³/mol. The molecule has 7 heteroatoms. The maximum atomic E-state index is 9.19. The van der Waals surface area contributed by atoms with Crippen molar-refractivity contribution in [1.29, 1.82) is 0 Å². The highest BCUT2D eigenvalue weighted by Crippen LogP contribution is 2.16. The predicted octanol–water partition coefficient (Wildman–Crippen LogP) is -0.544. The molecule has 0 aliphatic rings. The van der Waals surface area contributed by atoms with E-state index in [1.807, 2.05) is 6.26 Å². The molecule has 0 saturated carbocycles. The van der Waals surface area contributed by atoms with E-state index in [0.29, 0.717) is 16.5 Å². The van der Waals surface area contributed by atoms with Gasteiger partial charge in [0.1, 0.15) is 5.82 Å². The monoisotopic (exact) mass is 245 g/mol. The van der Waals surface area contributed by atoms with E-state index >= 15 is 0 Å². The smallest absolute Gasteiger partial charge is 0.189 e. The summed E-state index contributed by atoms with van der Waals surface area (Å²) in [6, 6.07) is 0. The fraction of sp³-hybridized carbons (Fsp3) is 0.556. The Morgan fingerprint density at radius 2 is 2.25 bits per heavy atom. The molecule has 1 atom stereocenters. The first-order chi connectivity index (χ1) is 7.71. The van der Waals surface area contributed by atoms with Gasteiger partial charge in [-0.2, -0.15) is 0 Å². The van der Waals surface area contributed by atoms with Gasteiger partial charge in [-0.1, -0.05) is 11.8 Å². The topological polar surface area (TPSA) is 98.5 Å². The van der Waals surface area contributed by atoms with E-state index in [1.165, 1.54) is 18.0 Å². The molecule has 0 spiro atoms. The van der Waals surface area contributed by atoms with Crippen molar-refractivity contribution in [2.24, 2.45) is 0 Å². The molecule has 0 aromatic carbocycles. The Kier molecular flexibility index (Phi) is 5.47. The van der Waals surface area contributed by atoms with E-state index in [1.54, 1.807) is 0 Å². The first kappa shape index (κ1) is 13.2. The Morgan fingerprint density at radius 3 is 2.81 bits per heavy atom. The van der Waals surface area contributed by atoms with Gasteiger partial charge in [0.15, 0.2) is 5.16 Å². The summed E-state index contributed by atoms with van der Waals surface area (Å²) in [4.78, 5) is 8.17. The molecule has 0 unspecified atom stereocenters. The first-order valence-electron chi connectivity index (χ1n) is 4.74. The average molecular weight is 245 g/mol. The van der Waals surface area contributed by atoms with Crippen LogP contribution in [0.2, 0.25) is 0 Å². The molecule has 1 heterocycles. The zero-order chi connectivity index (χ0) is 12.0. The van der Waals surface area contributed by atoms with Crippen LogP contribution in [0.5, 0.6) is 0 Å². The summed E-state index contributed by atoms with van der Waals surface area (Å²) in [6.07, 6.45) is 2.53. The molecule has 90 valence electrons. The van der Waals surface area contributed by atoms with Gasteiger partial charge in [0.05, 0.1) is 19.3 Å². The number of nitrogens with zero attached hydrogens (tertiary/aromatic N) is 2. The van der Waals surface area contributed by atoms with E-state index in [0.717, 1.165) is 0 Å². The second-order valence-corrected chi connectivity index (χ2v) is 3.88. The van der Waals surface area contributed by atoms with Crippen LogP contribution in [0, 0.1) is 0 Å². The molecule has 1 aromatic rings. The minimum Gasteiger partial charge on any atom is -0.394 e. The van der Waals surface area contributed by atoms with E-state index in [2.05, 4.69) is 15.3 Å². The Bertz CT molecular complexity index is 338. The third kappa shape index (κ3) is 3.60. The van der Waals surface area contributed by atoms with Crippen LogP contribution in [0.4, 0.5) is 5.82 Å². The van der Waals surface area contributed by atoms with Gasteiger partial charge in [-0.3, -0.25) is 0 Å². The third-order valence-electron chi connectivity index (χ3n) is 1.91. The Morgan fingerprint density at radius 1 is 1.50 bits per heavy atom. The number of thioether (sulfide) groups is 1. The van der Waals surface area contributed by atoms with Gasteiger partial charge in [-0.15, -0.1) is 0 Å². The lowest BCUT2D eigenvalue weighted by Gasteiger charge is -2.12. The van der Waals surface area contributed by atoms with Crippen molar-refractivity contribution in [1.82, 2.24) is 9.97 Å². The first-order valence-corrected chi connectivity index (χ1v) is 5.97. The molecule has 0 saturated heterocycles. The van der Waals surface area contributed by atoms with E-state index in [9.17, 15) is 5.11 Å². The van der Waals surface area contributed by atoms with Gasteiger partial charge >= 0.3 is 0 Å². The summed E-state index contributed by atoms with van der Waals surface area (Å²) in [5, 5.41) is 30.4. The van der Waals surface area contributed by atoms with Crippen LogP contribution in [0.25, 0.3) is 0 Å². The highest BCUT2D eigenvalue weighted by Gasteiger charge is 2.08. The summed E-state index contributed by atoms with van der Waals surface area (Å²) in [7, 11) is 0. The Hall–Kier alpha value is -0.890. The third-order valence-corrected chi connectivity index (χ3v) is 2.47. The Labute approximate surface area is 97.8 Å². The van der Waals surface area contributed by atoms with Crippen LogP contribution in [0.1, 0.15) is 5.56 Å². The van der Waals surface area contributed by atoms with Gasteiger partial charge in [0.2, 0.25) is 0 Å². The van der Waals surface area contributed by atoms with Crippen molar-refractivity contribution >= 4 is 17.6 Å². The van der Waals surface area contributed by atoms with Gasteiger partial charge in [-0.25, -0.2) is 9.97 Å². The second-order valence-electron chi connectivity index (χ2n) is 3.11. The lowest BCUT2D eigenvalue weighted by Crippen LogP contribution is -2.24. The molecular formula is C9H15N3O3S. The fourth-order valence-corrected chi connectivity index (χ4v) is 1.38. The van der Waals surface area contributed by atoms with Crippen molar-refractivity contribution in [2.75, 3.05) is 24.7 Å². The summed E-state index contributed by atoms with van der Waals surface area (Å²) in [5.41, 5.74) is 0.558. The molecule has 0 aliphatic heterocycles. The van der Waals surface area contributed by atoms with Gasteiger partial charge in [0, 0.05) is 18.3 Å². The highest BCUT2D eigenvalue weighted by atomic mass is 32.2. The molecule has 0 amide bonds. The maximum Gasteiger partial charge on any atom is 0.189 e. The Balaban J connectivity index is 2.75. The van der Waals surface area contributed by atoms with Gasteiger partial charge in [-0.05, 0) is 6.26 Å². The number of hydrogen-bond acceptors (Lipinski definition) is 7. The lowest BCUT2D eigenvalue weighted by atomic mass is 10.3. The molecule has 4 N–H and O–H groups in total. The fourth-order valence-electron chi connectivity index (χ4n) is 1.04. The zero-order valence-electron chi connectivity index (χ0n) is 8.92. The van der Waals surface area contributed by atoms with Gasteiger partial charge < -0.3 is 20.6 Å². The van der Waals surface area contributed by atoms with Crippen LogP contribution in [0.3, 0.4) is 0 Å². The average Bonchev–Trinajstić information content (AvgIpc) is 2.35. The molecule has 0 radical (unpaired) electrons. The quantitative estimate of drug-likeness (QED) is 0.394. The number of anilines is 1. The molecule has 0 bridgehead atoms. The number of aliphatic hydroxyl groups is 3. The van der Waals surface area contributed by atoms with Crippen molar-refractivity contribution in [3.8, 4) is 0 Å². The largest absolute Gasteiger partial charge is 0.394 e. The number of aromatic nitrogens is 2. The van der Waals surface area contributed by atoms with Crippen LogP contribution >= 0.6 is 11.8 Å². The zero-order valence-corrected chi connectivity index (χ0v) is 9.74. The van der Waals surface area contributed by atoms with Crippen LogP contribution < -0.4 is 5.32 Å². The van der Waals surface area contributed by atoms with Crippen LogP contribution in [-0.4, -0.2) is 50.8 Å².